The molecule has 0 bridgehead atoms. The molecule has 2 nitrogen and oxygen atoms in total. The molecule has 0 spiro atoms. The Kier molecular flexibility index (Phi) is 5.26. The summed E-state index contributed by atoms with van der Waals surface area (Å²) < 4.78 is 0. The van der Waals surface area contributed by atoms with Crippen molar-refractivity contribution >= 4 is 0 Å². The van der Waals surface area contributed by atoms with Gasteiger partial charge in [-0.05, 0) is 45.6 Å². The van der Waals surface area contributed by atoms with Gasteiger partial charge in [0, 0.05) is 12.6 Å². The second-order valence-corrected chi connectivity index (χ2v) is 6.40. The van der Waals surface area contributed by atoms with Crippen LogP contribution < -0.4 is 0 Å². The van der Waals surface area contributed by atoms with Crippen molar-refractivity contribution in [3.05, 3.63) is 0 Å². The van der Waals surface area contributed by atoms with Crippen molar-refractivity contribution in [2.75, 3.05) is 13.1 Å². The standard InChI is InChI=1S/C14H29NO/c1-12(2)9-10-15(11-14(3,4)16)13-7-5-6-8-13/h12-13,16H,5-11H2,1-4H3. The highest BCUT2D eigenvalue weighted by Gasteiger charge is 2.26. The Hall–Kier alpha value is -0.0800. The minimum atomic E-state index is -0.556. The third kappa shape index (κ3) is 5.31. The lowest BCUT2D eigenvalue weighted by atomic mass is 10.0. The van der Waals surface area contributed by atoms with Crippen LogP contribution in [0.25, 0.3) is 0 Å². The number of rotatable bonds is 6. The maximum atomic E-state index is 9.97. The van der Waals surface area contributed by atoms with E-state index in [9.17, 15) is 5.11 Å². The minimum absolute atomic E-state index is 0.556. The summed E-state index contributed by atoms with van der Waals surface area (Å²) in [5.41, 5.74) is -0.556. The molecule has 0 aromatic carbocycles. The van der Waals surface area contributed by atoms with Crippen LogP contribution in [0.5, 0.6) is 0 Å². The SMILES string of the molecule is CC(C)CCN(CC(C)(C)O)C1CCCC1. The zero-order chi connectivity index (χ0) is 12.2. The molecule has 1 N–H and O–H groups in total. The van der Waals surface area contributed by atoms with E-state index in [1.807, 2.05) is 13.8 Å². The first-order chi connectivity index (χ1) is 7.38. The summed E-state index contributed by atoms with van der Waals surface area (Å²) in [6.07, 6.45) is 6.64. The summed E-state index contributed by atoms with van der Waals surface area (Å²) >= 11 is 0. The van der Waals surface area contributed by atoms with Gasteiger partial charge in [-0.2, -0.15) is 0 Å². The van der Waals surface area contributed by atoms with Crippen molar-refractivity contribution in [2.24, 2.45) is 5.92 Å². The van der Waals surface area contributed by atoms with Gasteiger partial charge in [0.2, 0.25) is 0 Å². The third-order valence-electron chi connectivity index (χ3n) is 3.42. The maximum Gasteiger partial charge on any atom is 0.0718 e. The zero-order valence-electron chi connectivity index (χ0n) is 11.5. The highest BCUT2D eigenvalue weighted by Crippen LogP contribution is 2.25. The van der Waals surface area contributed by atoms with Crippen LogP contribution in [0.4, 0.5) is 0 Å². The number of nitrogens with zero attached hydrogens (tertiary/aromatic N) is 1. The summed E-state index contributed by atoms with van der Waals surface area (Å²) in [5, 5.41) is 9.97. The van der Waals surface area contributed by atoms with Crippen molar-refractivity contribution in [2.45, 2.75) is 71.4 Å². The molecule has 0 amide bonds. The molecule has 1 saturated carbocycles. The largest absolute Gasteiger partial charge is 0.389 e. The molecule has 96 valence electrons. The van der Waals surface area contributed by atoms with Crippen LogP contribution in [0.1, 0.15) is 59.8 Å². The lowest BCUT2D eigenvalue weighted by Gasteiger charge is -2.34. The van der Waals surface area contributed by atoms with Gasteiger partial charge < -0.3 is 5.11 Å². The molecule has 0 atom stereocenters. The van der Waals surface area contributed by atoms with Crippen molar-refractivity contribution in [1.29, 1.82) is 0 Å². The molecule has 1 aliphatic carbocycles. The molecule has 0 aliphatic heterocycles. The van der Waals surface area contributed by atoms with Gasteiger partial charge in [0.05, 0.1) is 5.60 Å². The smallest absolute Gasteiger partial charge is 0.0718 e. The third-order valence-corrected chi connectivity index (χ3v) is 3.42. The first-order valence-electron chi connectivity index (χ1n) is 6.85. The first kappa shape index (κ1) is 14.0. The molecule has 0 saturated heterocycles. The Balaban J connectivity index is 2.47. The van der Waals surface area contributed by atoms with Crippen molar-refractivity contribution in [3.8, 4) is 0 Å². The molecular formula is C14H29NO. The van der Waals surface area contributed by atoms with E-state index in [1.165, 1.54) is 32.1 Å². The van der Waals surface area contributed by atoms with E-state index in [4.69, 9.17) is 0 Å². The summed E-state index contributed by atoms with van der Waals surface area (Å²) in [6, 6.07) is 0.727. The van der Waals surface area contributed by atoms with Crippen LogP contribution in [0, 0.1) is 5.92 Å². The lowest BCUT2D eigenvalue weighted by Crippen LogP contribution is -2.44. The number of hydrogen-bond donors (Lipinski definition) is 1. The van der Waals surface area contributed by atoms with Gasteiger partial charge in [0.15, 0.2) is 0 Å². The number of aliphatic hydroxyl groups is 1. The molecule has 0 aromatic heterocycles. The van der Waals surface area contributed by atoms with Gasteiger partial charge in [-0.1, -0.05) is 26.7 Å². The molecule has 1 rings (SSSR count). The topological polar surface area (TPSA) is 23.5 Å². The number of hydrogen-bond acceptors (Lipinski definition) is 2. The second-order valence-electron chi connectivity index (χ2n) is 6.40. The monoisotopic (exact) mass is 227 g/mol. The summed E-state index contributed by atoms with van der Waals surface area (Å²) in [6.45, 7) is 10.4. The van der Waals surface area contributed by atoms with E-state index in [0.29, 0.717) is 0 Å². The molecule has 0 heterocycles. The van der Waals surface area contributed by atoms with Crippen molar-refractivity contribution in [1.82, 2.24) is 4.90 Å². The summed E-state index contributed by atoms with van der Waals surface area (Å²) in [5.74, 6) is 0.755. The predicted molar refractivity (Wildman–Crippen MR) is 69.6 cm³/mol. The Morgan fingerprint density at radius 2 is 1.81 bits per heavy atom. The fourth-order valence-electron chi connectivity index (χ4n) is 2.58. The van der Waals surface area contributed by atoms with Gasteiger partial charge in [-0.15, -0.1) is 0 Å². The van der Waals surface area contributed by atoms with Crippen LogP contribution in [0.2, 0.25) is 0 Å². The molecule has 2 heteroatoms. The molecule has 0 aromatic rings. The Morgan fingerprint density at radius 1 is 1.25 bits per heavy atom. The van der Waals surface area contributed by atoms with Crippen LogP contribution in [-0.2, 0) is 0 Å². The van der Waals surface area contributed by atoms with Crippen LogP contribution in [0.3, 0.4) is 0 Å². The van der Waals surface area contributed by atoms with E-state index in [2.05, 4.69) is 18.7 Å². The normalized spacial score (nSPS) is 18.9. The fraction of sp³-hybridized carbons (Fsp3) is 1.00. The van der Waals surface area contributed by atoms with E-state index < -0.39 is 5.60 Å². The van der Waals surface area contributed by atoms with Gasteiger partial charge in [0.1, 0.15) is 0 Å². The molecule has 0 unspecified atom stereocenters. The average Bonchev–Trinajstić information content (AvgIpc) is 2.62. The lowest BCUT2D eigenvalue weighted by molar-refractivity contribution is 0.0196. The highest BCUT2D eigenvalue weighted by atomic mass is 16.3. The van der Waals surface area contributed by atoms with E-state index >= 15 is 0 Å². The molecule has 16 heavy (non-hydrogen) atoms. The average molecular weight is 227 g/mol. The van der Waals surface area contributed by atoms with E-state index in [-0.39, 0.29) is 0 Å². The fourth-order valence-corrected chi connectivity index (χ4v) is 2.58. The summed E-state index contributed by atoms with van der Waals surface area (Å²) in [7, 11) is 0. The first-order valence-corrected chi connectivity index (χ1v) is 6.85. The van der Waals surface area contributed by atoms with Gasteiger partial charge >= 0.3 is 0 Å². The molecule has 0 radical (unpaired) electrons. The summed E-state index contributed by atoms with van der Waals surface area (Å²) in [4.78, 5) is 2.52. The van der Waals surface area contributed by atoms with Crippen molar-refractivity contribution in [3.63, 3.8) is 0 Å². The molecular weight excluding hydrogens is 198 g/mol. The minimum Gasteiger partial charge on any atom is -0.389 e. The quantitative estimate of drug-likeness (QED) is 0.754. The second kappa shape index (κ2) is 6.02. The van der Waals surface area contributed by atoms with Crippen LogP contribution >= 0.6 is 0 Å². The van der Waals surface area contributed by atoms with Crippen LogP contribution in [0.15, 0.2) is 0 Å². The van der Waals surface area contributed by atoms with Crippen molar-refractivity contribution < 1.29 is 5.11 Å². The molecule has 1 fully saturated rings. The molecule has 1 aliphatic rings. The Labute approximate surface area is 101 Å². The Bertz CT molecular complexity index is 189. The van der Waals surface area contributed by atoms with Gasteiger partial charge in [0.25, 0.3) is 0 Å². The predicted octanol–water partition coefficient (Wildman–Crippen LogP) is 3.05. The van der Waals surface area contributed by atoms with Gasteiger partial charge in [-0.25, -0.2) is 0 Å². The maximum absolute atomic E-state index is 9.97. The Morgan fingerprint density at radius 3 is 2.25 bits per heavy atom. The van der Waals surface area contributed by atoms with Crippen LogP contribution in [-0.4, -0.2) is 34.7 Å². The van der Waals surface area contributed by atoms with E-state index in [1.54, 1.807) is 0 Å². The van der Waals surface area contributed by atoms with Gasteiger partial charge in [-0.3, -0.25) is 4.90 Å². The zero-order valence-corrected chi connectivity index (χ0v) is 11.5. The highest BCUT2D eigenvalue weighted by molar-refractivity contribution is 4.82. The van der Waals surface area contributed by atoms with E-state index in [0.717, 1.165) is 25.0 Å².